The van der Waals surface area contributed by atoms with Crippen LogP contribution in [0.5, 0.6) is 5.75 Å². The summed E-state index contributed by atoms with van der Waals surface area (Å²) in [6, 6.07) is 7.04. The van der Waals surface area contributed by atoms with E-state index in [4.69, 9.17) is 14.9 Å². The lowest BCUT2D eigenvalue weighted by Gasteiger charge is -2.22. The number of ketones is 1. The molecule has 0 unspecified atom stereocenters. The molecule has 0 fully saturated rings. The lowest BCUT2D eigenvalue weighted by Crippen LogP contribution is -2.30. The van der Waals surface area contributed by atoms with E-state index in [0.29, 0.717) is 41.1 Å². The molecule has 0 saturated carbocycles. The molecule has 1 amide bonds. The van der Waals surface area contributed by atoms with Gasteiger partial charge in [0.15, 0.2) is 5.78 Å². The quantitative estimate of drug-likeness (QED) is 0.273. The first-order valence-electron chi connectivity index (χ1n) is 13.0. The number of benzene rings is 2. The number of carbonyl (C=O) groups is 3. The molecule has 11 heteroatoms. The second kappa shape index (κ2) is 12.2. The van der Waals surface area contributed by atoms with Gasteiger partial charge in [0, 0.05) is 24.7 Å². The van der Waals surface area contributed by atoms with Gasteiger partial charge in [-0.2, -0.15) is 0 Å². The largest absolute Gasteiger partial charge is 0.493 e. The molecule has 0 saturated heterocycles. The molecule has 40 heavy (non-hydrogen) atoms. The minimum Gasteiger partial charge on any atom is -0.493 e. The van der Waals surface area contributed by atoms with Gasteiger partial charge in [-0.25, -0.2) is 4.98 Å². The van der Waals surface area contributed by atoms with Crippen LogP contribution >= 0.6 is 17.0 Å². The number of rotatable bonds is 9. The minimum atomic E-state index is -0.378. The molecule has 4 rings (SSSR count). The van der Waals surface area contributed by atoms with Crippen LogP contribution in [0.2, 0.25) is 0 Å². The zero-order chi connectivity index (χ0) is 28.5. The molecule has 3 aromatic rings. The van der Waals surface area contributed by atoms with Gasteiger partial charge in [0.1, 0.15) is 18.1 Å². The third kappa shape index (κ3) is 6.04. The molecule has 0 radical (unpaired) electrons. The fourth-order valence-corrected chi connectivity index (χ4v) is 4.78. The van der Waals surface area contributed by atoms with Crippen LogP contribution in [-0.4, -0.2) is 64.8 Å². The maximum atomic E-state index is 13.6. The number of imidazole rings is 1. The minimum absolute atomic E-state index is 0. The summed E-state index contributed by atoms with van der Waals surface area (Å²) in [5.41, 5.74) is 4.24. The second-order valence-electron chi connectivity index (χ2n) is 10.5. The molecule has 0 aliphatic carbocycles. The van der Waals surface area contributed by atoms with Crippen molar-refractivity contribution in [3.8, 4) is 5.75 Å². The van der Waals surface area contributed by atoms with Gasteiger partial charge in [-0.3, -0.25) is 19.8 Å². The van der Waals surface area contributed by atoms with Crippen LogP contribution in [-0.2, 0) is 28.0 Å². The van der Waals surface area contributed by atoms with E-state index in [2.05, 4.69) is 10.3 Å². The Labute approximate surface area is 244 Å². The van der Waals surface area contributed by atoms with Crippen molar-refractivity contribution in [3.63, 3.8) is 0 Å². The average molecular weight is 615 g/mol. The third-order valence-corrected chi connectivity index (χ3v) is 6.70. The zero-order valence-electron chi connectivity index (χ0n) is 23.7. The van der Waals surface area contributed by atoms with Gasteiger partial charge in [-0.1, -0.05) is 20.8 Å². The Morgan fingerprint density at radius 1 is 1.07 bits per heavy atom. The maximum absolute atomic E-state index is 13.6. The number of Topliss-reactive ketones (excluding diaryl/α,β-unsaturated/α-hetero) is 1. The van der Waals surface area contributed by atoms with Crippen molar-refractivity contribution in [3.05, 3.63) is 58.4 Å². The number of hydrogen-bond acceptors (Lipinski definition) is 7. The Bertz CT molecular complexity index is 1470. The fraction of sp³-hybridized carbons (Fsp3) is 0.414. The second-order valence-corrected chi connectivity index (χ2v) is 10.5. The smallest absolute Gasteiger partial charge is 0.325 e. The van der Waals surface area contributed by atoms with E-state index in [1.165, 1.54) is 0 Å². The third-order valence-electron chi connectivity index (χ3n) is 6.70. The van der Waals surface area contributed by atoms with Crippen LogP contribution in [0, 0.1) is 5.41 Å². The van der Waals surface area contributed by atoms with Crippen molar-refractivity contribution < 1.29 is 23.9 Å². The Hall–Kier alpha value is -3.73. The van der Waals surface area contributed by atoms with E-state index < -0.39 is 0 Å². The molecular formula is C29H36BrN5O5. The summed E-state index contributed by atoms with van der Waals surface area (Å²) < 4.78 is 12.5. The monoisotopic (exact) mass is 613 g/mol. The number of carbonyl (C=O) groups excluding carboxylic acids is 3. The van der Waals surface area contributed by atoms with Crippen LogP contribution in [0.3, 0.4) is 0 Å². The van der Waals surface area contributed by atoms with Crippen LogP contribution < -0.4 is 10.1 Å². The number of halogens is 1. The van der Waals surface area contributed by atoms with E-state index >= 15 is 0 Å². The SMILES string of the molecule is Br.CCOC(=O)Cn1cnc2c(C(C)(C)C)cc(C(=O)CN3Cc4cc(OCC)c(C(=O)NC)cc4C3=N)cc21. The number of nitrogens with one attached hydrogen (secondary N) is 2. The van der Waals surface area contributed by atoms with E-state index in [-0.39, 0.29) is 65.6 Å². The van der Waals surface area contributed by atoms with E-state index in [0.717, 1.165) is 16.6 Å². The fourth-order valence-electron chi connectivity index (χ4n) is 4.78. The van der Waals surface area contributed by atoms with E-state index in [9.17, 15) is 14.4 Å². The molecule has 2 heterocycles. The topological polar surface area (TPSA) is 127 Å². The molecule has 214 valence electrons. The number of fused-ring (bicyclic) bond motifs is 2. The van der Waals surface area contributed by atoms with Crippen molar-refractivity contribution in [2.24, 2.45) is 0 Å². The van der Waals surface area contributed by atoms with E-state index in [1.54, 1.807) is 48.0 Å². The zero-order valence-corrected chi connectivity index (χ0v) is 25.4. The number of aromatic nitrogens is 2. The molecule has 1 aliphatic rings. The maximum Gasteiger partial charge on any atom is 0.325 e. The molecule has 2 aromatic carbocycles. The van der Waals surface area contributed by atoms with Gasteiger partial charge in [0.05, 0.1) is 42.7 Å². The van der Waals surface area contributed by atoms with Crippen molar-refractivity contribution in [2.75, 3.05) is 26.8 Å². The highest BCUT2D eigenvalue weighted by molar-refractivity contribution is 8.93. The van der Waals surface area contributed by atoms with Gasteiger partial charge in [0.2, 0.25) is 0 Å². The van der Waals surface area contributed by atoms with Crippen molar-refractivity contribution in [1.29, 1.82) is 5.41 Å². The van der Waals surface area contributed by atoms with Crippen LogP contribution in [0.25, 0.3) is 11.0 Å². The molecule has 0 bridgehead atoms. The van der Waals surface area contributed by atoms with Crippen LogP contribution in [0.4, 0.5) is 0 Å². The number of esters is 1. The lowest BCUT2D eigenvalue weighted by molar-refractivity contribution is -0.143. The standard InChI is InChI=1S/C29H35N5O5.BrH/c1-7-38-24-11-18-13-33(27(30)19(18)12-20(24)28(37)31-6)14-23(35)17-9-21(29(3,4)5)26-22(10-17)34(16-32-26)15-25(36)39-8-2;/h9-12,16,30H,7-8,13-15H2,1-6H3,(H,31,37);1H. The number of nitrogens with zero attached hydrogens (tertiary/aromatic N) is 3. The first kappa shape index (κ1) is 30.8. The Kier molecular flexibility index (Phi) is 9.40. The van der Waals surface area contributed by atoms with Gasteiger partial charge in [0.25, 0.3) is 5.91 Å². The summed E-state index contributed by atoms with van der Waals surface area (Å²) >= 11 is 0. The summed E-state index contributed by atoms with van der Waals surface area (Å²) in [5, 5.41) is 11.4. The summed E-state index contributed by atoms with van der Waals surface area (Å²) in [5.74, 6) is -0.217. The van der Waals surface area contributed by atoms with Gasteiger partial charge in [-0.15, -0.1) is 17.0 Å². The van der Waals surface area contributed by atoms with Gasteiger partial charge >= 0.3 is 5.97 Å². The number of hydrogen-bond donors (Lipinski definition) is 2. The van der Waals surface area contributed by atoms with Crippen molar-refractivity contribution in [2.45, 2.75) is 53.1 Å². The molecule has 0 spiro atoms. The van der Waals surface area contributed by atoms with Crippen molar-refractivity contribution >= 4 is 51.5 Å². The van der Waals surface area contributed by atoms with Crippen LogP contribution in [0.1, 0.15) is 72.0 Å². The molecule has 1 aromatic heterocycles. The highest BCUT2D eigenvalue weighted by Crippen LogP contribution is 2.33. The highest BCUT2D eigenvalue weighted by atomic mass is 79.9. The number of amides is 1. The van der Waals surface area contributed by atoms with Gasteiger partial charge < -0.3 is 24.3 Å². The van der Waals surface area contributed by atoms with E-state index in [1.807, 2.05) is 33.8 Å². The summed E-state index contributed by atoms with van der Waals surface area (Å²) in [6.07, 6.45) is 1.60. The van der Waals surface area contributed by atoms with Gasteiger partial charge in [-0.05, 0) is 54.7 Å². The predicted molar refractivity (Wildman–Crippen MR) is 158 cm³/mol. The summed E-state index contributed by atoms with van der Waals surface area (Å²) in [6.45, 7) is 10.7. The Balaban J connectivity index is 0.00000441. The average Bonchev–Trinajstić information content (AvgIpc) is 3.42. The Morgan fingerprint density at radius 2 is 1.80 bits per heavy atom. The summed E-state index contributed by atoms with van der Waals surface area (Å²) in [4.78, 5) is 44.5. The van der Waals surface area contributed by atoms with Crippen molar-refractivity contribution in [1.82, 2.24) is 19.8 Å². The van der Waals surface area contributed by atoms with Crippen LogP contribution in [0.15, 0.2) is 30.6 Å². The highest BCUT2D eigenvalue weighted by Gasteiger charge is 2.30. The number of ether oxygens (including phenoxy) is 2. The lowest BCUT2D eigenvalue weighted by atomic mass is 9.84. The molecule has 1 aliphatic heterocycles. The molecule has 2 N–H and O–H groups in total. The molecule has 0 atom stereocenters. The molecule has 10 nitrogen and oxygen atoms in total. The Morgan fingerprint density at radius 3 is 2.42 bits per heavy atom. The molecular weight excluding hydrogens is 578 g/mol. The normalized spacial score (nSPS) is 12.7. The first-order chi connectivity index (χ1) is 18.5. The first-order valence-corrected chi connectivity index (χ1v) is 13.0. The number of amidine groups is 1. The summed E-state index contributed by atoms with van der Waals surface area (Å²) in [7, 11) is 1.54. The predicted octanol–water partition coefficient (Wildman–Crippen LogP) is 4.26.